The molecule has 1 N–H and O–H groups in total. The minimum atomic E-state index is 0.221. The number of hydrogen-bond donors (Lipinski definition) is 1. The average Bonchev–Trinajstić information content (AvgIpc) is 1.67. The Morgan fingerprint density at radius 3 is 2.12 bits per heavy atom. The van der Waals surface area contributed by atoms with Gasteiger partial charge in [-0.15, -0.1) is 0 Å². The van der Waals surface area contributed by atoms with Crippen molar-refractivity contribution in [3.8, 4) is 0 Å². The van der Waals surface area contributed by atoms with Gasteiger partial charge in [0.25, 0.3) is 0 Å². The Kier molecular flexibility index (Phi) is 4.50. The van der Waals surface area contributed by atoms with Gasteiger partial charge in [0.2, 0.25) is 0 Å². The predicted molar refractivity (Wildman–Crippen MR) is 41.9 cm³/mol. The topological polar surface area (TPSA) is 12.0 Å². The first-order chi connectivity index (χ1) is 3.68. The van der Waals surface area contributed by atoms with Gasteiger partial charge < -0.3 is 5.32 Å². The van der Waals surface area contributed by atoms with Crippen LogP contribution in [0.1, 0.15) is 13.8 Å². The van der Waals surface area contributed by atoms with Gasteiger partial charge in [0.15, 0.2) is 0 Å². The second kappa shape index (κ2) is 4.29. The summed E-state index contributed by atoms with van der Waals surface area (Å²) in [7, 11) is 0.221. The molecule has 8 heavy (non-hydrogen) atoms. The normalized spacial score (nSPS) is 14.6. The first-order valence-corrected chi connectivity index (χ1v) is 5.38. The van der Waals surface area contributed by atoms with E-state index in [2.05, 4.69) is 32.5 Å². The van der Waals surface area contributed by atoms with Gasteiger partial charge in [-0.25, -0.2) is 0 Å². The summed E-state index contributed by atoms with van der Waals surface area (Å²) in [6, 6.07) is 0. The van der Waals surface area contributed by atoms with Crippen molar-refractivity contribution < 1.29 is 0 Å². The Bertz CT molecular complexity index is 54.5. The summed E-state index contributed by atoms with van der Waals surface area (Å²) >= 11 is 0. The summed E-state index contributed by atoms with van der Waals surface area (Å²) < 4.78 is 0. The first-order valence-electron chi connectivity index (χ1n) is 3.08. The van der Waals surface area contributed by atoms with Crippen LogP contribution in [0.4, 0.5) is 0 Å². The summed E-state index contributed by atoms with van der Waals surface area (Å²) in [6.45, 7) is 10.1. The highest BCUT2D eigenvalue weighted by Crippen LogP contribution is 2.29. The fourth-order valence-electron chi connectivity index (χ4n) is 0.478. The van der Waals surface area contributed by atoms with Crippen LogP contribution < -0.4 is 5.32 Å². The highest BCUT2D eigenvalue weighted by atomic mass is 31.1. The fraction of sp³-hybridized carbons (Fsp3) is 1.00. The smallest absolute Gasteiger partial charge is 0.0235 e. The van der Waals surface area contributed by atoms with Crippen molar-refractivity contribution in [3.63, 3.8) is 0 Å². The maximum atomic E-state index is 3.37. The molecule has 0 aromatic heterocycles. The molecule has 0 aliphatic rings. The molecule has 0 amide bonds. The van der Waals surface area contributed by atoms with Gasteiger partial charge >= 0.3 is 0 Å². The molecule has 0 unspecified atom stereocenters. The van der Waals surface area contributed by atoms with Gasteiger partial charge in [0.05, 0.1) is 0 Å². The van der Waals surface area contributed by atoms with Gasteiger partial charge in [-0.2, -0.15) is 0 Å². The second-order valence-corrected chi connectivity index (χ2v) is 4.90. The molecule has 2 heteroatoms. The van der Waals surface area contributed by atoms with Crippen LogP contribution in [0.5, 0.6) is 0 Å². The van der Waals surface area contributed by atoms with Crippen molar-refractivity contribution in [2.24, 2.45) is 0 Å². The Labute approximate surface area is 53.6 Å². The molecular weight excluding hydrogens is 117 g/mol. The van der Waals surface area contributed by atoms with E-state index in [1.807, 2.05) is 0 Å². The van der Waals surface area contributed by atoms with Gasteiger partial charge in [-0.05, 0) is 26.8 Å². The molecule has 1 nitrogen and oxygen atoms in total. The third-order valence-electron chi connectivity index (χ3n) is 1.27. The molecule has 0 saturated carbocycles. The molecular formula is C6H16NP. The van der Waals surface area contributed by atoms with Crippen molar-refractivity contribution >= 4 is 7.92 Å². The summed E-state index contributed by atoms with van der Waals surface area (Å²) in [5.74, 6) is 0.731. The molecule has 0 bridgehead atoms. The minimum absolute atomic E-state index is 0.221. The van der Waals surface area contributed by atoms with E-state index in [1.54, 1.807) is 0 Å². The van der Waals surface area contributed by atoms with E-state index in [4.69, 9.17) is 0 Å². The van der Waals surface area contributed by atoms with Crippen LogP contribution in [-0.4, -0.2) is 25.7 Å². The Morgan fingerprint density at radius 1 is 1.50 bits per heavy atom. The molecule has 0 aromatic carbocycles. The quantitative estimate of drug-likeness (QED) is 0.577. The van der Waals surface area contributed by atoms with Crippen LogP contribution in [0, 0.1) is 0 Å². The maximum Gasteiger partial charge on any atom is 0.0235 e. The van der Waals surface area contributed by atoms with Crippen LogP contribution in [0.3, 0.4) is 0 Å². The monoisotopic (exact) mass is 133 g/mol. The third-order valence-corrected chi connectivity index (χ3v) is 3.01. The fourth-order valence-corrected chi connectivity index (χ4v) is 1.03. The number of hydrogen-bond acceptors (Lipinski definition) is 1. The van der Waals surface area contributed by atoms with Gasteiger partial charge in [0, 0.05) is 5.78 Å². The van der Waals surface area contributed by atoms with Crippen molar-refractivity contribution in [2.45, 2.75) is 19.6 Å². The van der Waals surface area contributed by atoms with Crippen molar-refractivity contribution in [1.29, 1.82) is 0 Å². The zero-order valence-corrected chi connectivity index (χ0v) is 7.13. The standard InChI is InChI=1S/C6H16NP/c1-5-7-6(2)8(3)4/h6-7H,5H2,1-4H3/t6-/m1/s1. The lowest BCUT2D eigenvalue weighted by atomic mass is 10.7. The largest absolute Gasteiger partial charge is 0.311 e. The van der Waals surface area contributed by atoms with E-state index in [-0.39, 0.29) is 7.92 Å². The van der Waals surface area contributed by atoms with Crippen LogP contribution in [0.25, 0.3) is 0 Å². The molecule has 0 aliphatic heterocycles. The molecule has 0 aromatic rings. The van der Waals surface area contributed by atoms with Crippen LogP contribution in [0.2, 0.25) is 0 Å². The zero-order chi connectivity index (χ0) is 6.57. The highest BCUT2D eigenvalue weighted by Gasteiger charge is 2.01. The van der Waals surface area contributed by atoms with Crippen molar-refractivity contribution in [2.75, 3.05) is 19.9 Å². The van der Waals surface area contributed by atoms with Gasteiger partial charge in [0.1, 0.15) is 0 Å². The summed E-state index contributed by atoms with van der Waals surface area (Å²) in [5.41, 5.74) is 0. The van der Waals surface area contributed by atoms with Gasteiger partial charge in [-0.3, -0.25) is 0 Å². The SMILES string of the molecule is CCN[C@@H](C)P(C)C. The maximum absolute atomic E-state index is 3.37. The molecule has 50 valence electrons. The van der Waals surface area contributed by atoms with E-state index in [1.165, 1.54) is 0 Å². The van der Waals surface area contributed by atoms with E-state index >= 15 is 0 Å². The summed E-state index contributed by atoms with van der Waals surface area (Å²) in [4.78, 5) is 0. The van der Waals surface area contributed by atoms with E-state index < -0.39 is 0 Å². The van der Waals surface area contributed by atoms with Crippen molar-refractivity contribution in [1.82, 2.24) is 5.32 Å². The first kappa shape index (κ1) is 8.39. The molecule has 0 rings (SSSR count). The summed E-state index contributed by atoms with van der Waals surface area (Å²) in [6.07, 6.45) is 0. The van der Waals surface area contributed by atoms with E-state index in [0.717, 1.165) is 12.3 Å². The Morgan fingerprint density at radius 2 is 2.00 bits per heavy atom. The lowest BCUT2D eigenvalue weighted by Gasteiger charge is -2.15. The molecule has 0 fully saturated rings. The van der Waals surface area contributed by atoms with Crippen LogP contribution in [0.15, 0.2) is 0 Å². The molecule has 0 saturated heterocycles. The second-order valence-electron chi connectivity index (χ2n) is 2.20. The Hall–Kier alpha value is 0.390. The lowest BCUT2D eigenvalue weighted by molar-refractivity contribution is 0.712. The van der Waals surface area contributed by atoms with E-state index in [0.29, 0.717) is 0 Å². The predicted octanol–water partition coefficient (Wildman–Crippen LogP) is 1.68. The Balaban J connectivity index is 3.17. The van der Waals surface area contributed by atoms with E-state index in [9.17, 15) is 0 Å². The molecule has 0 heterocycles. The number of rotatable bonds is 3. The zero-order valence-electron chi connectivity index (χ0n) is 6.23. The lowest BCUT2D eigenvalue weighted by Crippen LogP contribution is -2.22. The highest BCUT2D eigenvalue weighted by molar-refractivity contribution is 7.56. The molecule has 0 radical (unpaired) electrons. The van der Waals surface area contributed by atoms with Gasteiger partial charge in [-0.1, -0.05) is 14.8 Å². The molecule has 0 spiro atoms. The molecule has 0 aliphatic carbocycles. The van der Waals surface area contributed by atoms with Crippen LogP contribution >= 0.6 is 7.92 Å². The minimum Gasteiger partial charge on any atom is -0.311 e. The molecule has 1 atom stereocenters. The average molecular weight is 133 g/mol. The number of nitrogens with one attached hydrogen (secondary N) is 1. The van der Waals surface area contributed by atoms with Crippen LogP contribution in [-0.2, 0) is 0 Å². The third kappa shape index (κ3) is 3.40. The van der Waals surface area contributed by atoms with Crippen molar-refractivity contribution in [3.05, 3.63) is 0 Å². The summed E-state index contributed by atoms with van der Waals surface area (Å²) in [5, 5.41) is 3.37.